The number of methoxy groups -OCH3 is 1. The number of hydrogen-bond donors (Lipinski definition) is 3. The van der Waals surface area contributed by atoms with Crippen molar-refractivity contribution in [3.8, 4) is 0 Å². The molecular weight excluding hydrogens is 321 g/mol. The Morgan fingerprint density at radius 2 is 2.39 bits per heavy atom. The van der Waals surface area contributed by atoms with Crippen molar-refractivity contribution in [1.82, 2.24) is 5.32 Å². The first-order valence-electron chi connectivity index (χ1n) is 7.27. The van der Waals surface area contributed by atoms with Crippen LogP contribution in [0, 0.1) is 11.7 Å². The van der Waals surface area contributed by atoms with Gasteiger partial charge in [0.1, 0.15) is 5.82 Å². The summed E-state index contributed by atoms with van der Waals surface area (Å²) in [6.45, 7) is 0. The lowest BCUT2D eigenvalue weighted by Crippen LogP contribution is -2.43. The average molecular weight is 339 g/mol. The van der Waals surface area contributed by atoms with Crippen LogP contribution in [0.2, 0.25) is 0 Å². The number of halogens is 1. The number of amides is 1. The highest BCUT2D eigenvalue weighted by Gasteiger charge is 2.53. The van der Waals surface area contributed by atoms with Crippen molar-refractivity contribution in [1.29, 1.82) is 0 Å². The van der Waals surface area contributed by atoms with E-state index in [-0.39, 0.29) is 23.0 Å². The van der Waals surface area contributed by atoms with Crippen molar-refractivity contribution in [2.24, 2.45) is 10.9 Å². The molecule has 1 fully saturated rings. The lowest BCUT2D eigenvalue weighted by molar-refractivity contribution is 0.0644. The number of carboxylic acid groups (broad SMARTS) is 1. The molecule has 0 spiro atoms. The molecule has 1 aliphatic carbocycles. The Labute approximate surface area is 137 Å². The summed E-state index contributed by atoms with van der Waals surface area (Å²) in [6.07, 6.45) is 0.0968. The van der Waals surface area contributed by atoms with Crippen LogP contribution in [0.5, 0.6) is 0 Å². The maximum Gasteiger partial charge on any atom is 0.410 e. The Bertz CT molecular complexity index is 669. The number of aliphatic imine (C=N–C) groups is 1. The number of nitrogens with zero attached hydrogens (tertiary/aromatic N) is 1. The van der Waals surface area contributed by atoms with Gasteiger partial charge >= 0.3 is 6.09 Å². The summed E-state index contributed by atoms with van der Waals surface area (Å²) in [4.78, 5) is 15.5. The monoisotopic (exact) mass is 339 g/mol. The molecule has 1 aliphatic heterocycles. The molecule has 8 heteroatoms. The summed E-state index contributed by atoms with van der Waals surface area (Å²) in [5.41, 5.74) is 5.86. The van der Waals surface area contributed by atoms with Crippen molar-refractivity contribution in [2.75, 3.05) is 18.6 Å². The number of thioether (sulfide) groups is 1. The third kappa shape index (κ3) is 2.76. The van der Waals surface area contributed by atoms with Gasteiger partial charge in [0.05, 0.1) is 11.6 Å². The van der Waals surface area contributed by atoms with Crippen molar-refractivity contribution < 1.29 is 19.0 Å². The Kier molecular flexibility index (Phi) is 4.20. The molecular formula is C15H18FN3O3S. The Hall–Kier alpha value is -1.80. The minimum absolute atomic E-state index is 0.0341. The fourth-order valence-electron chi connectivity index (χ4n) is 3.53. The second kappa shape index (κ2) is 6.01. The third-order valence-corrected chi connectivity index (χ3v) is 5.54. The van der Waals surface area contributed by atoms with Gasteiger partial charge in [0.2, 0.25) is 0 Å². The van der Waals surface area contributed by atoms with Crippen LogP contribution >= 0.6 is 11.8 Å². The van der Waals surface area contributed by atoms with E-state index in [0.29, 0.717) is 23.4 Å². The van der Waals surface area contributed by atoms with E-state index in [4.69, 9.17) is 15.6 Å². The number of hydrogen-bond acceptors (Lipinski definition) is 5. The molecule has 124 valence electrons. The molecule has 1 aromatic carbocycles. The molecule has 0 saturated heterocycles. The van der Waals surface area contributed by atoms with E-state index in [0.717, 1.165) is 6.42 Å². The summed E-state index contributed by atoms with van der Waals surface area (Å²) < 4.78 is 20.0. The van der Waals surface area contributed by atoms with Crippen LogP contribution in [-0.4, -0.2) is 35.3 Å². The van der Waals surface area contributed by atoms with E-state index in [1.165, 1.54) is 23.9 Å². The molecule has 1 aromatic rings. The summed E-state index contributed by atoms with van der Waals surface area (Å²) in [6, 6.07) is 4.43. The van der Waals surface area contributed by atoms with E-state index in [1.54, 1.807) is 13.2 Å². The first-order chi connectivity index (χ1) is 11.0. The first kappa shape index (κ1) is 16.1. The number of anilines is 1. The number of benzene rings is 1. The maximum atomic E-state index is 14.5. The smallest absolute Gasteiger partial charge is 0.410 e. The zero-order valence-electron chi connectivity index (χ0n) is 12.6. The molecule has 0 radical (unpaired) electrons. The predicted molar refractivity (Wildman–Crippen MR) is 87.1 cm³/mol. The SMILES string of the molecule is CO[C@@H]1CC[C@]2(c3cc(N)ccc3F)N=C(NC(=O)O)SC[C@H]12. The van der Waals surface area contributed by atoms with Gasteiger partial charge < -0.3 is 15.6 Å². The van der Waals surface area contributed by atoms with Gasteiger partial charge in [0.25, 0.3) is 0 Å². The van der Waals surface area contributed by atoms with Crippen LogP contribution in [-0.2, 0) is 10.3 Å². The standard InChI is InChI=1S/C15H18FN3O3S/c1-22-12-4-5-15(9-6-8(17)2-3-11(9)16)10(12)7-23-13(19-15)18-14(20)21/h2-3,6,10,12H,4-5,7,17H2,1H3,(H,18,19)(H,20,21)/t10-,12-,15-/m1/s1. The highest BCUT2D eigenvalue weighted by Crippen LogP contribution is 2.52. The summed E-state index contributed by atoms with van der Waals surface area (Å²) in [5, 5.41) is 11.5. The van der Waals surface area contributed by atoms with Crippen molar-refractivity contribution >= 4 is 28.7 Å². The molecule has 3 rings (SSSR count). The number of ether oxygens (including phenoxy) is 1. The molecule has 23 heavy (non-hydrogen) atoms. The molecule has 4 N–H and O–H groups in total. The van der Waals surface area contributed by atoms with Gasteiger partial charge in [-0.1, -0.05) is 11.8 Å². The maximum absolute atomic E-state index is 14.5. The van der Waals surface area contributed by atoms with E-state index < -0.39 is 11.6 Å². The molecule has 0 aromatic heterocycles. The number of carbonyl (C=O) groups is 1. The Balaban J connectivity index is 2.11. The van der Waals surface area contributed by atoms with Crippen molar-refractivity contribution in [3.63, 3.8) is 0 Å². The first-order valence-corrected chi connectivity index (χ1v) is 8.26. The summed E-state index contributed by atoms with van der Waals surface area (Å²) in [5.74, 6) is 0.186. The van der Waals surface area contributed by atoms with Gasteiger partial charge in [0, 0.05) is 30.0 Å². The van der Waals surface area contributed by atoms with Crippen LogP contribution in [0.25, 0.3) is 0 Å². The van der Waals surface area contributed by atoms with Gasteiger partial charge in [0.15, 0.2) is 5.17 Å². The zero-order chi connectivity index (χ0) is 16.6. The van der Waals surface area contributed by atoms with Gasteiger partial charge in [-0.3, -0.25) is 10.3 Å². The minimum Gasteiger partial charge on any atom is -0.465 e. The van der Waals surface area contributed by atoms with E-state index in [1.807, 2.05) is 0 Å². The highest BCUT2D eigenvalue weighted by atomic mass is 32.2. The van der Waals surface area contributed by atoms with Gasteiger partial charge in [-0.25, -0.2) is 9.18 Å². The second-order valence-corrected chi connectivity index (χ2v) is 6.75. The lowest BCUT2D eigenvalue weighted by Gasteiger charge is -2.38. The summed E-state index contributed by atoms with van der Waals surface area (Å²) in [7, 11) is 1.63. The molecule has 2 aliphatic rings. The quantitative estimate of drug-likeness (QED) is 0.719. The van der Waals surface area contributed by atoms with E-state index in [2.05, 4.69) is 10.3 Å². The van der Waals surface area contributed by atoms with Gasteiger partial charge in [-0.05, 0) is 31.0 Å². The topological polar surface area (TPSA) is 96.9 Å². The fraction of sp³-hybridized carbons (Fsp3) is 0.467. The summed E-state index contributed by atoms with van der Waals surface area (Å²) >= 11 is 1.31. The van der Waals surface area contributed by atoms with Crippen molar-refractivity contribution in [2.45, 2.75) is 24.5 Å². The van der Waals surface area contributed by atoms with Gasteiger partial charge in [-0.2, -0.15) is 0 Å². The third-order valence-electron chi connectivity index (χ3n) is 4.55. The number of fused-ring (bicyclic) bond motifs is 1. The molecule has 1 amide bonds. The van der Waals surface area contributed by atoms with Crippen molar-refractivity contribution in [3.05, 3.63) is 29.6 Å². The average Bonchev–Trinajstić information content (AvgIpc) is 2.88. The minimum atomic E-state index is -1.18. The zero-order valence-corrected chi connectivity index (χ0v) is 13.4. The molecule has 0 unspecified atom stereocenters. The lowest BCUT2D eigenvalue weighted by atomic mass is 9.80. The van der Waals surface area contributed by atoms with E-state index in [9.17, 15) is 9.18 Å². The molecule has 1 heterocycles. The number of amidine groups is 1. The van der Waals surface area contributed by atoms with Gasteiger partial charge in [-0.15, -0.1) is 0 Å². The van der Waals surface area contributed by atoms with Crippen LogP contribution in [0.4, 0.5) is 14.9 Å². The number of nitrogens with one attached hydrogen (secondary N) is 1. The second-order valence-electron chi connectivity index (χ2n) is 5.74. The number of nitrogen functional groups attached to an aromatic ring is 1. The highest BCUT2D eigenvalue weighted by molar-refractivity contribution is 8.13. The van der Waals surface area contributed by atoms with Crippen LogP contribution < -0.4 is 11.1 Å². The predicted octanol–water partition coefficient (Wildman–Crippen LogP) is 2.40. The Morgan fingerprint density at radius 1 is 1.61 bits per heavy atom. The van der Waals surface area contributed by atoms with Crippen LogP contribution in [0.1, 0.15) is 18.4 Å². The molecule has 3 atom stereocenters. The van der Waals surface area contributed by atoms with Crippen LogP contribution in [0.15, 0.2) is 23.2 Å². The number of rotatable bonds is 2. The Morgan fingerprint density at radius 3 is 3.09 bits per heavy atom. The van der Waals surface area contributed by atoms with Crippen LogP contribution in [0.3, 0.4) is 0 Å². The molecule has 0 bridgehead atoms. The fourth-order valence-corrected chi connectivity index (χ4v) is 4.74. The normalized spacial score (nSPS) is 29.7. The molecule has 6 nitrogen and oxygen atoms in total. The number of nitrogens with two attached hydrogens (primary N) is 1. The largest absolute Gasteiger partial charge is 0.465 e. The van der Waals surface area contributed by atoms with E-state index >= 15 is 0 Å². The molecule has 1 saturated carbocycles.